The topological polar surface area (TPSA) is 108 Å². The van der Waals surface area contributed by atoms with Gasteiger partial charge in [0.1, 0.15) is 22.8 Å². The van der Waals surface area contributed by atoms with Crippen molar-refractivity contribution in [1.29, 1.82) is 5.26 Å². The summed E-state index contributed by atoms with van der Waals surface area (Å²) in [5.74, 6) is 0.0515. The van der Waals surface area contributed by atoms with Crippen LogP contribution in [0.1, 0.15) is 43.4 Å². The molecule has 2 aromatic heterocycles. The van der Waals surface area contributed by atoms with Gasteiger partial charge in [-0.05, 0) is 62.9 Å². The average molecular weight is 478 g/mol. The molecule has 1 saturated carbocycles. The zero-order chi connectivity index (χ0) is 24.1. The number of alkyl halides is 3. The Kier molecular flexibility index (Phi) is 5.62. The predicted octanol–water partition coefficient (Wildman–Crippen LogP) is 4.54. The Balaban J connectivity index is 1.82. The number of hydrogen-bond donors (Lipinski definition) is 2. The molecule has 11 heteroatoms. The maximum Gasteiger partial charge on any atom is 0.404 e. The molecule has 1 fully saturated rings. The Bertz CT molecular complexity index is 1370. The first-order chi connectivity index (χ1) is 15.4. The van der Waals surface area contributed by atoms with Gasteiger partial charge in [-0.1, -0.05) is 0 Å². The van der Waals surface area contributed by atoms with Gasteiger partial charge in [0.2, 0.25) is 10.0 Å². The van der Waals surface area contributed by atoms with E-state index in [1.165, 1.54) is 18.2 Å². The first-order valence-electron chi connectivity index (χ1n) is 10.3. The van der Waals surface area contributed by atoms with Crippen molar-refractivity contribution >= 4 is 20.9 Å². The van der Waals surface area contributed by atoms with Gasteiger partial charge >= 0.3 is 6.18 Å². The number of nitrogens with zero attached hydrogens (tertiary/aromatic N) is 3. The molecular formula is C22H21F3N4O3S. The highest BCUT2D eigenvalue weighted by atomic mass is 32.2. The maximum atomic E-state index is 12.8. The highest BCUT2D eigenvalue weighted by Gasteiger charge is 2.39. The first kappa shape index (κ1) is 23.1. The number of aromatic hydroxyl groups is 1. The third-order valence-corrected chi connectivity index (χ3v) is 7.51. The van der Waals surface area contributed by atoms with Gasteiger partial charge in [-0.15, -0.1) is 0 Å². The lowest BCUT2D eigenvalue weighted by Gasteiger charge is -2.30. The number of sulfonamides is 1. The highest BCUT2D eigenvalue weighted by molar-refractivity contribution is 7.89. The van der Waals surface area contributed by atoms with Crippen molar-refractivity contribution in [2.75, 3.05) is 0 Å². The Hall–Kier alpha value is -3.10. The van der Waals surface area contributed by atoms with Crippen molar-refractivity contribution in [3.63, 3.8) is 0 Å². The number of hydrogen-bond acceptors (Lipinski definition) is 5. The van der Waals surface area contributed by atoms with Crippen LogP contribution in [0.15, 0.2) is 35.4 Å². The van der Waals surface area contributed by atoms with Crippen molar-refractivity contribution < 1.29 is 26.7 Å². The van der Waals surface area contributed by atoms with Crippen molar-refractivity contribution in [2.24, 2.45) is 0 Å². The molecule has 2 heterocycles. The molecule has 0 radical (unpaired) electrons. The number of nitriles is 1. The number of halogens is 3. The van der Waals surface area contributed by atoms with Crippen LogP contribution >= 0.6 is 0 Å². The third kappa shape index (κ3) is 4.05. The van der Waals surface area contributed by atoms with Gasteiger partial charge in [-0.25, -0.2) is 8.42 Å². The maximum absolute atomic E-state index is 12.8. The molecule has 1 unspecified atom stereocenters. The number of aromatic nitrogens is 2. The number of phenols is 1. The summed E-state index contributed by atoms with van der Waals surface area (Å²) < 4.78 is 66.7. The summed E-state index contributed by atoms with van der Waals surface area (Å²) >= 11 is 0. The fourth-order valence-corrected chi connectivity index (χ4v) is 5.06. The van der Waals surface area contributed by atoms with Crippen LogP contribution in [-0.4, -0.2) is 35.3 Å². The minimum atomic E-state index is -4.73. The van der Waals surface area contributed by atoms with Crippen molar-refractivity contribution in [1.82, 2.24) is 14.3 Å². The molecule has 0 spiro atoms. The van der Waals surface area contributed by atoms with Crippen LogP contribution in [0.4, 0.5) is 13.2 Å². The summed E-state index contributed by atoms with van der Waals surface area (Å²) in [5.41, 5.74) is 2.51. The first-order valence-corrected chi connectivity index (χ1v) is 11.8. The SMILES string of the molecule is Cc1cc2c(cc1O)c(C#N)c(-c1ccc(S(=O)(=O)NC(C)C(F)(F)F)cn1)n2C1CCC1. The van der Waals surface area contributed by atoms with E-state index >= 15 is 0 Å². The second kappa shape index (κ2) is 8.04. The second-order valence-electron chi connectivity index (χ2n) is 8.21. The number of phenolic OH excluding ortho intramolecular Hbond substituents is 1. The minimum Gasteiger partial charge on any atom is -0.508 e. The molecule has 0 bridgehead atoms. The Morgan fingerprint density at radius 3 is 2.52 bits per heavy atom. The van der Waals surface area contributed by atoms with E-state index in [2.05, 4.69) is 11.1 Å². The van der Waals surface area contributed by atoms with Crippen molar-refractivity contribution in [2.45, 2.75) is 56.3 Å². The molecule has 0 amide bonds. The zero-order valence-corrected chi connectivity index (χ0v) is 18.6. The summed E-state index contributed by atoms with van der Waals surface area (Å²) in [7, 11) is -4.45. The minimum absolute atomic E-state index is 0.0515. The molecular weight excluding hydrogens is 457 g/mol. The average Bonchev–Trinajstić information content (AvgIpc) is 2.99. The van der Waals surface area contributed by atoms with Gasteiger partial charge in [0.05, 0.1) is 22.5 Å². The highest BCUT2D eigenvalue weighted by Crippen LogP contribution is 2.43. The Morgan fingerprint density at radius 2 is 2.00 bits per heavy atom. The monoisotopic (exact) mass is 478 g/mol. The number of pyridine rings is 1. The van der Waals surface area contributed by atoms with Crippen LogP contribution in [0.3, 0.4) is 0 Å². The molecule has 4 rings (SSSR count). The molecule has 1 aliphatic rings. The molecule has 0 saturated heterocycles. The van der Waals surface area contributed by atoms with E-state index in [4.69, 9.17) is 0 Å². The normalized spacial score (nSPS) is 15.9. The number of benzene rings is 1. The number of rotatable bonds is 5. The fraction of sp³-hybridized carbons (Fsp3) is 0.364. The molecule has 1 aromatic carbocycles. The molecule has 174 valence electrons. The Labute approximate surface area is 188 Å². The molecule has 7 nitrogen and oxygen atoms in total. The number of fused-ring (bicyclic) bond motifs is 1. The van der Waals surface area contributed by atoms with Gasteiger partial charge in [0.15, 0.2) is 0 Å². The molecule has 3 aromatic rings. The number of nitrogens with one attached hydrogen (secondary N) is 1. The van der Waals surface area contributed by atoms with Crippen molar-refractivity contribution in [3.8, 4) is 23.2 Å². The van der Waals surface area contributed by atoms with Crippen LogP contribution in [0.25, 0.3) is 22.3 Å². The molecule has 2 N–H and O–H groups in total. The van der Waals surface area contributed by atoms with Gasteiger partial charge in [-0.3, -0.25) is 4.98 Å². The van der Waals surface area contributed by atoms with Gasteiger partial charge in [0.25, 0.3) is 0 Å². The lowest BCUT2D eigenvalue weighted by Crippen LogP contribution is -2.42. The van der Waals surface area contributed by atoms with E-state index in [1.54, 1.807) is 17.7 Å². The van der Waals surface area contributed by atoms with Crippen LogP contribution in [0, 0.1) is 18.3 Å². The molecule has 0 aliphatic heterocycles. The van der Waals surface area contributed by atoms with Crippen LogP contribution in [0.2, 0.25) is 0 Å². The summed E-state index contributed by atoms with van der Waals surface area (Å²) in [5, 5.41) is 20.6. The Morgan fingerprint density at radius 1 is 1.30 bits per heavy atom. The smallest absolute Gasteiger partial charge is 0.404 e. The summed E-state index contributed by atoms with van der Waals surface area (Å²) in [6, 6.07) is 5.90. The quantitative estimate of drug-likeness (QED) is 0.560. The van der Waals surface area contributed by atoms with Gasteiger partial charge < -0.3 is 9.67 Å². The fourth-order valence-electron chi connectivity index (χ4n) is 3.89. The van der Waals surface area contributed by atoms with E-state index in [0.29, 0.717) is 34.8 Å². The van der Waals surface area contributed by atoms with E-state index in [1.807, 2.05) is 4.57 Å². The predicted molar refractivity (Wildman–Crippen MR) is 115 cm³/mol. The number of aryl methyl sites for hydroxylation is 1. The van der Waals surface area contributed by atoms with Crippen molar-refractivity contribution in [3.05, 3.63) is 41.6 Å². The molecule has 1 aliphatic carbocycles. The van der Waals surface area contributed by atoms with Crippen LogP contribution in [0.5, 0.6) is 5.75 Å². The van der Waals surface area contributed by atoms with Gasteiger partial charge in [-0.2, -0.15) is 23.2 Å². The summed E-state index contributed by atoms with van der Waals surface area (Å²) in [6.45, 7) is 2.47. The lowest BCUT2D eigenvalue weighted by molar-refractivity contribution is -0.147. The largest absolute Gasteiger partial charge is 0.508 e. The standard InChI is InChI=1S/C22H21F3N4O3S/c1-12-8-19-16(9-20(12)30)17(10-26)21(29(19)14-4-3-5-14)18-7-6-15(11-27-18)33(31,32)28-13(2)22(23,24)25/h6-9,11,13-14,28,30H,3-5H2,1-2H3. The van der Waals surface area contributed by atoms with Gasteiger partial charge in [0, 0.05) is 17.6 Å². The van der Waals surface area contributed by atoms with Crippen LogP contribution in [-0.2, 0) is 10.0 Å². The van der Waals surface area contributed by atoms with E-state index in [9.17, 15) is 32.0 Å². The molecule has 1 atom stereocenters. The summed E-state index contributed by atoms with van der Waals surface area (Å²) in [6.07, 6.45) is -0.931. The lowest BCUT2D eigenvalue weighted by atomic mass is 9.92. The van der Waals surface area contributed by atoms with Crippen LogP contribution < -0.4 is 4.72 Å². The third-order valence-electron chi connectivity index (χ3n) is 5.98. The zero-order valence-electron chi connectivity index (χ0n) is 17.8. The van der Waals surface area contributed by atoms with E-state index in [0.717, 1.165) is 31.0 Å². The van der Waals surface area contributed by atoms with E-state index in [-0.39, 0.29) is 11.8 Å². The van der Waals surface area contributed by atoms with E-state index < -0.39 is 27.1 Å². The summed E-state index contributed by atoms with van der Waals surface area (Å²) in [4.78, 5) is 3.78. The molecule has 33 heavy (non-hydrogen) atoms. The second-order valence-corrected chi connectivity index (χ2v) is 9.92.